The van der Waals surface area contributed by atoms with Crippen LogP contribution in [-0.4, -0.2) is 40.6 Å². The third-order valence-corrected chi connectivity index (χ3v) is 3.90. The third-order valence-electron chi connectivity index (χ3n) is 3.69. The van der Waals surface area contributed by atoms with Crippen LogP contribution in [0.4, 0.5) is 4.79 Å². The normalized spacial score (nSPS) is 21.4. The molecule has 3 heterocycles. The smallest absolute Gasteiger partial charge is 0.325 e. The van der Waals surface area contributed by atoms with E-state index >= 15 is 0 Å². The zero-order chi connectivity index (χ0) is 14.2. The molecule has 7 heteroatoms. The number of carbonyl (C=O) groups is 2. The zero-order valence-electron chi connectivity index (χ0n) is 10.8. The fraction of sp³-hybridized carbons (Fsp3) is 0.462. The highest BCUT2D eigenvalue weighted by atomic mass is 35.5. The number of hydrogen-bond donors (Lipinski definition) is 1. The van der Waals surface area contributed by atoms with Crippen LogP contribution >= 0.6 is 11.6 Å². The number of nitrogens with zero attached hydrogens (tertiary/aromatic N) is 2. The summed E-state index contributed by atoms with van der Waals surface area (Å²) in [5, 5.41) is 3.14. The first-order chi connectivity index (χ1) is 9.61. The number of urea groups is 1. The van der Waals surface area contributed by atoms with Crippen LogP contribution in [0.2, 0.25) is 5.15 Å². The van der Waals surface area contributed by atoms with Gasteiger partial charge in [0.2, 0.25) is 0 Å². The molecule has 2 aliphatic heterocycles. The van der Waals surface area contributed by atoms with Crippen molar-refractivity contribution in [3.8, 4) is 0 Å². The first kappa shape index (κ1) is 13.3. The molecule has 1 aromatic rings. The largest absolute Gasteiger partial charge is 0.381 e. The Morgan fingerprint density at radius 2 is 2.10 bits per heavy atom. The summed E-state index contributed by atoms with van der Waals surface area (Å²) in [7, 11) is 0. The van der Waals surface area contributed by atoms with Gasteiger partial charge in [0.1, 0.15) is 10.7 Å². The summed E-state index contributed by atoms with van der Waals surface area (Å²) in [6, 6.07) is 4.75. The van der Waals surface area contributed by atoms with Crippen molar-refractivity contribution in [3.05, 3.63) is 29.0 Å². The van der Waals surface area contributed by atoms with Gasteiger partial charge in [0.25, 0.3) is 5.91 Å². The summed E-state index contributed by atoms with van der Waals surface area (Å²) >= 11 is 5.81. The van der Waals surface area contributed by atoms with Crippen molar-refractivity contribution >= 4 is 23.5 Å². The Labute approximate surface area is 121 Å². The predicted octanol–water partition coefficient (Wildman–Crippen LogP) is 1.34. The van der Waals surface area contributed by atoms with Crippen molar-refractivity contribution in [2.24, 2.45) is 0 Å². The molecular weight excluding hydrogens is 282 g/mol. The summed E-state index contributed by atoms with van der Waals surface area (Å²) in [4.78, 5) is 29.9. The van der Waals surface area contributed by atoms with E-state index in [0.717, 1.165) is 0 Å². The number of amides is 3. The van der Waals surface area contributed by atoms with Crippen LogP contribution in [-0.2, 0) is 16.1 Å². The number of imide groups is 1. The van der Waals surface area contributed by atoms with Gasteiger partial charge in [-0.05, 0) is 12.1 Å². The molecule has 0 unspecified atom stereocenters. The first-order valence-electron chi connectivity index (χ1n) is 6.44. The molecule has 0 aliphatic carbocycles. The number of ether oxygens (including phenoxy) is 1. The van der Waals surface area contributed by atoms with Crippen LogP contribution in [0.1, 0.15) is 18.5 Å². The molecule has 2 fully saturated rings. The highest BCUT2D eigenvalue weighted by molar-refractivity contribution is 6.29. The number of rotatable bonds is 2. The van der Waals surface area contributed by atoms with E-state index in [-0.39, 0.29) is 18.5 Å². The molecule has 0 atom stereocenters. The maximum atomic E-state index is 12.5. The van der Waals surface area contributed by atoms with E-state index in [0.29, 0.717) is 36.9 Å². The number of hydrogen-bond acceptors (Lipinski definition) is 4. The third kappa shape index (κ3) is 2.25. The van der Waals surface area contributed by atoms with E-state index in [4.69, 9.17) is 16.3 Å². The highest BCUT2D eigenvalue weighted by Crippen LogP contribution is 2.29. The fourth-order valence-electron chi connectivity index (χ4n) is 2.58. The average Bonchev–Trinajstić information content (AvgIpc) is 2.64. The van der Waals surface area contributed by atoms with E-state index in [1.54, 1.807) is 18.2 Å². The minimum atomic E-state index is -0.798. The quantitative estimate of drug-likeness (QED) is 0.660. The van der Waals surface area contributed by atoms with Crippen LogP contribution in [0.15, 0.2) is 18.2 Å². The van der Waals surface area contributed by atoms with Crippen LogP contribution in [0.25, 0.3) is 0 Å². The van der Waals surface area contributed by atoms with Gasteiger partial charge in [-0.15, -0.1) is 0 Å². The van der Waals surface area contributed by atoms with Gasteiger partial charge in [-0.2, -0.15) is 0 Å². The van der Waals surface area contributed by atoms with Gasteiger partial charge in [-0.25, -0.2) is 9.78 Å². The molecule has 3 amide bonds. The van der Waals surface area contributed by atoms with Crippen molar-refractivity contribution in [1.29, 1.82) is 0 Å². The number of carbonyl (C=O) groups excluding carboxylic acids is 2. The summed E-state index contributed by atoms with van der Waals surface area (Å²) in [6.45, 7) is 1.10. The van der Waals surface area contributed by atoms with Gasteiger partial charge in [-0.1, -0.05) is 17.7 Å². The Hall–Kier alpha value is -1.66. The van der Waals surface area contributed by atoms with Gasteiger partial charge < -0.3 is 10.1 Å². The van der Waals surface area contributed by atoms with Gasteiger partial charge in [0.05, 0.1) is 12.2 Å². The average molecular weight is 296 g/mol. The van der Waals surface area contributed by atoms with Crippen molar-refractivity contribution in [1.82, 2.24) is 15.2 Å². The molecule has 0 bridgehead atoms. The van der Waals surface area contributed by atoms with E-state index < -0.39 is 5.54 Å². The molecule has 0 radical (unpaired) electrons. The second-order valence-electron chi connectivity index (χ2n) is 4.97. The van der Waals surface area contributed by atoms with E-state index in [2.05, 4.69) is 10.3 Å². The minimum Gasteiger partial charge on any atom is -0.381 e. The number of pyridine rings is 1. The Bertz CT molecular complexity index is 558. The summed E-state index contributed by atoms with van der Waals surface area (Å²) < 4.78 is 5.26. The Morgan fingerprint density at radius 3 is 2.80 bits per heavy atom. The van der Waals surface area contributed by atoms with Crippen molar-refractivity contribution in [3.63, 3.8) is 0 Å². The predicted molar refractivity (Wildman–Crippen MR) is 71.1 cm³/mol. The molecule has 6 nitrogen and oxygen atoms in total. The Morgan fingerprint density at radius 1 is 1.35 bits per heavy atom. The zero-order valence-corrected chi connectivity index (χ0v) is 11.5. The van der Waals surface area contributed by atoms with Gasteiger partial charge in [-0.3, -0.25) is 9.69 Å². The van der Waals surface area contributed by atoms with Crippen LogP contribution in [0, 0.1) is 0 Å². The summed E-state index contributed by atoms with van der Waals surface area (Å²) in [5.41, 5.74) is -0.210. The van der Waals surface area contributed by atoms with E-state index in [1.807, 2.05) is 0 Å². The molecular formula is C13H14ClN3O3. The van der Waals surface area contributed by atoms with Crippen LogP contribution < -0.4 is 5.32 Å². The molecule has 2 aliphatic rings. The molecule has 0 aromatic carbocycles. The van der Waals surface area contributed by atoms with Gasteiger partial charge >= 0.3 is 6.03 Å². The number of nitrogens with one attached hydrogen (secondary N) is 1. The molecule has 0 saturated carbocycles. The molecule has 3 rings (SSSR count). The summed E-state index contributed by atoms with van der Waals surface area (Å²) in [6.07, 6.45) is 1.02. The molecule has 1 N–H and O–H groups in total. The second-order valence-corrected chi connectivity index (χ2v) is 5.35. The summed E-state index contributed by atoms with van der Waals surface area (Å²) in [5.74, 6) is -0.201. The lowest BCUT2D eigenvalue weighted by Gasteiger charge is -2.30. The lowest BCUT2D eigenvalue weighted by atomic mass is 9.90. The number of aromatic nitrogens is 1. The standard InChI is InChI=1S/C13H14ClN3O3/c14-10-3-1-2-9(15-10)8-17-11(18)13(16-12(17)19)4-6-20-7-5-13/h1-3H,4-8H2,(H,16,19). The fourth-order valence-corrected chi connectivity index (χ4v) is 2.76. The molecule has 106 valence electrons. The van der Waals surface area contributed by atoms with E-state index in [1.165, 1.54) is 4.90 Å². The maximum Gasteiger partial charge on any atom is 0.325 e. The molecule has 1 aromatic heterocycles. The molecule has 1 spiro atoms. The number of halogens is 1. The van der Waals surface area contributed by atoms with Crippen LogP contribution in [0.3, 0.4) is 0 Å². The maximum absolute atomic E-state index is 12.5. The Kier molecular flexibility index (Phi) is 3.35. The van der Waals surface area contributed by atoms with Crippen molar-refractivity contribution in [2.45, 2.75) is 24.9 Å². The van der Waals surface area contributed by atoms with Crippen LogP contribution in [0.5, 0.6) is 0 Å². The Balaban J connectivity index is 1.80. The first-order valence-corrected chi connectivity index (χ1v) is 6.82. The lowest BCUT2D eigenvalue weighted by molar-refractivity contribution is -0.134. The van der Waals surface area contributed by atoms with Gasteiger partial charge in [0, 0.05) is 26.1 Å². The molecule has 2 saturated heterocycles. The minimum absolute atomic E-state index is 0.133. The van der Waals surface area contributed by atoms with Crippen molar-refractivity contribution in [2.75, 3.05) is 13.2 Å². The molecule has 20 heavy (non-hydrogen) atoms. The topological polar surface area (TPSA) is 71.5 Å². The SMILES string of the molecule is O=C1NC2(CCOCC2)C(=O)N1Cc1cccc(Cl)n1. The second kappa shape index (κ2) is 5.03. The lowest BCUT2D eigenvalue weighted by Crippen LogP contribution is -2.51. The van der Waals surface area contributed by atoms with Gasteiger partial charge in [0.15, 0.2) is 0 Å². The van der Waals surface area contributed by atoms with E-state index in [9.17, 15) is 9.59 Å². The monoisotopic (exact) mass is 295 g/mol. The van der Waals surface area contributed by atoms with Crippen molar-refractivity contribution < 1.29 is 14.3 Å². The highest BCUT2D eigenvalue weighted by Gasteiger charge is 2.51.